The number of nitrogens with one attached hydrogen (secondary N) is 1. The van der Waals surface area contributed by atoms with Crippen LogP contribution in [-0.4, -0.2) is 25.3 Å². The molecule has 6 nitrogen and oxygen atoms in total. The average molecular weight is 432 g/mol. The molecule has 1 unspecified atom stereocenters. The van der Waals surface area contributed by atoms with Crippen molar-refractivity contribution in [3.05, 3.63) is 47.5 Å². The van der Waals surface area contributed by atoms with Gasteiger partial charge in [0.25, 0.3) is 0 Å². The molecule has 0 radical (unpaired) electrons. The first-order valence-corrected chi connectivity index (χ1v) is 11.3. The summed E-state index contributed by atoms with van der Waals surface area (Å²) in [6, 6.07) is 14.6. The Morgan fingerprint density at radius 3 is 2.69 bits per heavy atom. The molecule has 1 atom stereocenters. The molecule has 166 valence electrons. The fraction of sp³-hybridized carbons (Fsp3) is 0.462. The number of carbonyl (C=O) groups is 1. The number of anilines is 2. The lowest BCUT2D eigenvalue weighted by Crippen LogP contribution is -2.42. The van der Waals surface area contributed by atoms with Crippen LogP contribution >= 0.6 is 0 Å². The fourth-order valence-electron chi connectivity index (χ4n) is 5.01. The van der Waals surface area contributed by atoms with E-state index in [0.717, 1.165) is 42.0 Å². The largest absolute Gasteiger partial charge is 0.454 e. The Bertz CT molecular complexity index is 1110. The van der Waals surface area contributed by atoms with E-state index in [2.05, 4.69) is 49.2 Å². The highest BCUT2D eigenvalue weighted by Gasteiger charge is 2.51. The van der Waals surface area contributed by atoms with E-state index >= 15 is 0 Å². The second-order valence-corrected chi connectivity index (χ2v) is 10.1. The lowest BCUT2D eigenvalue weighted by molar-refractivity contribution is -0.118. The fourth-order valence-corrected chi connectivity index (χ4v) is 5.01. The third-order valence-electron chi connectivity index (χ3n) is 7.02. The van der Waals surface area contributed by atoms with Crippen molar-refractivity contribution in [3.63, 3.8) is 0 Å². The van der Waals surface area contributed by atoms with Crippen molar-refractivity contribution < 1.29 is 14.3 Å². The maximum atomic E-state index is 13.3. The van der Waals surface area contributed by atoms with Crippen molar-refractivity contribution in [3.8, 4) is 17.6 Å². The number of amides is 1. The van der Waals surface area contributed by atoms with Crippen molar-refractivity contribution >= 4 is 17.3 Å². The maximum absolute atomic E-state index is 13.3. The number of fused-ring (bicyclic) bond motifs is 2. The Kier molecular flexibility index (Phi) is 4.81. The SMILES string of the molecule is CC(C)(C)C1Cc2ccc(NC(=O)C3(c4ccc5c(c4)OCO5)CC3)cc2N1CCC#N. The van der Waals surface area contributed by atoms with Gasteiger partial charge in [0, 0.05) is 24.0 Å². The van der Waals surface area contributed by atoms with Crippen molar-refractivity contribution in [2.45, 2.75) is 57.9 Å². The first kappa shape index (κ1) is 20.7. The van der Waals surface area contributed by atoms with E-state index in [-0.39, 0.29) is 18.1 Å². The molecular formula is C26H29N3O3. The minimum atomic E-state index is -0.506. The Hall–Kier alpha value is -3.20. The highest BCUT2D eigenvalue weighted by molar-refractivity contribution is 6.02. The highest BCUT2D eigenvalue weighted by Crippen LogP contribution is 2.51. The predicted molar refractivity (Wildman–Crippen MR) is 123 cm³/mol. The Balaban J connectivity index is 1.38. The molecule has 5 rings (SSSR count). The molecule has 1 fully saturated rings. The number of rotatable bonds is 5. The van der Waals surface area contributed by atoms with Gasteiger partial charge >= 0.3 is 0 Å². The molecule has 6 heteroatoms. The number of hydrogen-bond donors (Lipinski definition) is 1. The predicted octanol–water partition coefficient (Wildman–Crippen LogP) is 4.78. The summed E-state index contributed by atoms with van der Waals surface area (Å²) in [6.45, 7) is 7.66. The van der Waals surface area contributed by atoms with Crippen LogP contribution in [0.3, 0.4) is 0 Å². The van der Waals surface area contributed by atoms with Gasteiger partial charge in [-0.2, -0.15) is 5.26 Å². The van der Waals surface area contributed by atoms with Gasteiger partial charge in [-0.1, -0.05) is 32.9 Å². The van der Waals surface area contributed by atoms with Crippen molar-refractivity contribution in [2.75, 3.05) is 23.6 Å². The van der Waals surface area contributed by atoms with Crippen LogP contribution in [0.15, 0.2) is 36.4 Å². The topological polar surface area (TPSA) is 74.6 Å². The molecule has 0 spiro atoms. The van der Waals surface area contributed by atoms with Crippen molar-refractivity contribution in [1.82, 2.24) is 0 Å². The summed E-state index contributed by atoms with van der Waals surface area (Å²) in [5.41, 5.74) is 3.77. The minimum Gasteiger partial charge on any atom is -0.454 e. The van der Waals surface area contributed by atoms with Gasteiger partial charge < -0.3 is 19.7 Å². The number of hydrogen-bond acceptors (Lipinski definition) is 5. The van der Waals surface area contributed by atoms with Gasteiger partial charge in [0.2, 0.25) is 12.7 Å². The lowest BCUT2D eigenvalue weighted by Gasteiger charge is -2.36. The second kappa shape index (κ2) is 7.44. The molecule has 2 aliphatic heterocycles. The second-order valence-electron chi connectivity index (χ2n) is 10.1. The highest BCUT2D eigenvalue weighted by atomic mass is 16.7. The van der Waals surface area contributed by atoms with Crippen LogP contribution in [0.4, 0.5) is 11.4 Å². The van der Waals surface area contributed by atoms with E-state index < -0.39 is 5.41 Å². The maximum Gasteiger partial charge on any atom is 0.235 e. The summed E-state index contributed by atoms with van der Waals surface area (Å²) in [4.78, 5) is 15.7. The van der Waals surface area contributed by atoms with Gasteiger partial charge in [0.1, 0.15) is 0 Å². The van der Waals surface area contributed by atoms with E-state index in [9.17, 15) is 4.79 Å². The number of carbonyl (C=O) groups excluding carboxylic acids is 1. The summed E-state index contributed by atoms with van der Waals surface area (Å²) in [7, 11) is 0. The van der Waals surface area contributed by atoms with Gasteiger partial charge in [-0.3, -0.25) is 4.79 Å². The average Bonchev–Trinajstić information content (AvgIpc) is 3.29. The lowest BCUT2D eigenvalue weighted by atomic mass is 9.84. The summed E-state index contributed by atoms with van der Waals surface area (Å²) < 4.78 is 10.9. The third kappa shape index (κ3) is 3.46. The molecule has 0 saturated heterocycles. The van der Waals surface area contributed by atoms with E-state index in [1.807, 2.05) is 24.3 Å². The number of benzene rings is 2. The van der Waals surface area contributed by atoms with E-state index in [0.29, 0.717) is 24.8 Å². The number of ether oxygens (including phenoxy) is 2. The van der Waals surface area contributed by atoms with E-state index in [4.69, 9.17) is 14.7 Å². The van der Waals surface area contributed by atoms with Gasteiger partial charge in [0.15, 0.2) is 11.5 Å². The Morgan fingerprint density at radius 2 is 1.97 bits per heavy atom. The summed E-state index contributed by atoms with van der Waals surface area (Å²) in [6.07, 6.45) is 3.09. The first-order chi connectivity index (χ1) is 15.3. The molecule has 1 saturated carbocycles. The van der Waals surface area contributed by atoms with E-state index in [1.165, 1.54) is 5.56 Å². The molecule has 0 bridgehead atoms. The Labute approximate surface area is 189 Å². The molecule has 1 aliphatic carbocycles. The molecular weight excluding hydrogens is 402 g/mol. The molecule has 2 heterocycles. The van der Waals surface area contributed by atoms with Crippen LogP contribution in [0.2, 0.25) is 0 Å². The van der Waals surface area contributed by atoms with E-state index in [1.54, 1.807) is 0 Å². The molecule has 0 aromatic heterocycles. The molecule has 1 amide bonds. The van der Waals surface area contributed by atoms with Crippen LogP contribution in [-0.2, 0) is 16.6 Å². The Morgan fingerprint density at radius 1 is 1.19 bits per heavy atom. The number of nitriles is 1. The number of nitrogens with zero attached hydrogens (tertiary/aromatic N) is 2. The van der Waals surface area contributed by atoms with Crippen molar-refractivity contribution in [1.29, 1.82) is 5.26 Å². The van der Waals surface area contributed by atoms with Crippen LogP contribution < -0.4 is 19.7 Å². The zero-order valence-electron chi connectivity index (χ0n) is 18.9. The van der Waals surface area contributed by atoms with Crippen LogP contribution in [0.1, 0.15) is 51.2 Å². The monoisotopic (exact) mass is 431 g/mol. The van der Waals surface area contributed by atoms with Gasteiger partial charge in [-0.15, -0.1) is 0 Å². The van der Waals surface area contributed by atoms with Crippen molar-refractivity contribution in [2.24, 2.45) is 5.41 Å². The standard InChI is InChI=1S/C26H29N3O3/c1-25(2,3)23-13-17-5-7-19(15-20(17)29(23)12-4-11-27)28-24(30)26(9-10-26)18-6-8-21-22(14-18)32-16-31-21/h5-8,14-15,23H,4,9-10,12-13,16H2,1-3H3,(H,28,30). The normalized spacial score (nSPS) is 19.9. The van der Waals surface area contributed by atoms with Crippen LogP contribution in [0, 0.1) is 16.7 Å². The quantitative estimate of drug-likeness (QED) is 0.738. The zero-order valence-corrected chi connectivity index (χ0v) is 18.9. The van der Waals surface area contributed by atoms with Gasteiger partial charge in [0.05, 0.1) is 17.9 Å². The van der Waals surface area contributed by atoms with Crippen LogP contribution in [0.25, 0.3) is 0 Å². The summed E-state index contributed by atoms with van der Waals surface area (Å²) in [5.74, 6) is 1.46. The smallest absolute Gasteiger partial charge is 0.235 e. The van der Waals surface area contributed by atoms with Gasteiger partial charge in [-0.25, -0.2) is 0 Å². The molecule has 2 aromatic carbocycles. The molecule has 1 N–H and O–H groups in total. The summed E-state index contributed by atoms with van der Waals surface area (Å²) >= 11 is 0. The molecule has 32 heavy (non-hydrogen) atoms. The third-order valence-corrected chi connectivity index (χ3v) is 7.02. The first-order valence-electron chi connectivity index (χ1n) is 11.3. The zero-order chi connectivity index (χ0) is 22.5. The molecule has 2 aromatic rings. The summed E-state index contributed by atoms with van der Waals surface area (Å²) in [5, 5.41) is 12.3. The van der Waals surface area contributed by atoms with Crippen LogP contribution in [0.5, 0.6) is 11.5 Å². The van der Waals surface area contributed by atoms with Gasteiger partial charge in [-0.05, 0) is 60.1 Å². The minimum absolute atomic E-state index is 0.0188. The molecule has 3 aliphatic rings.